The zero-order valence-corrected chi connectivity index (χ0v) is 25.2. The smallest absolute Gasteiger partial charge is 0.305 e. The van der Waals surface area contributed by atoms with E-state index in [1.165, 1.54) is 52.7 Å². The molecule has 0 aliphatic heterocycles. The third-order valence-corrected chi connectivity index (χ3v) is 6.80. The fourth-order valence-corrected chi connectivity index (χ4v) is 4.11. The molecule has 0 rings (SSSR count). The molecular formula is C31H59NO6. The fourth-order valence-electron chi connectivity index (χ4n) is 4.11. The lowest BCUT2D eigenvalue weighted by Gasteiger charge is -2.24. The molecule has 7 heteroatoms. The molecule has 0 saturated carbocycles. The zero-order chi connectivity index (χ0) is 28.1. The number of carbonyl (C=O) groups is 2. The summed E-state index contributed by atoms with van der Waals surface area (Å²) in [6, 6.07) is 0.294. The van der Waals surface area contributed by atoms with E-state index in [0.29, 0.717) is 25.5 Å². The lowest BCUT2D eigenvalue weighted by molar-refractivity contribution is -0.141. The summed E-state index contributed by atoms with van der Waals surface area (Å²) in [5.74, 6) is -0.212. The summed E-state index contributed by atoms with van der Waals surface area (Å²) >= 11 is 0. The van der Waals surface area contributed by atoms with E-state index in [1.807, 2.05) is 0 Å². The first-order chi connectivity index (χ1) is 18.5. The Hall–Kier alpha value is -1.44. The molecule has 0 aromatic carbocycles. The van der Waals surface area contributed by atoms with E-state index in [1.54, 1.807) is 0 Å². The van der Waals surface area contributed by atoms with Crippen molar-refractivity contribution >= 4 is 11.9 Å². The topological polar surface area (TPSA) is 74.3 Å². The van der Waals surface area contributed by atoms with Crippen LogP contribution in [0.4, 0.5) is 0 Å². The van der Waals surface area contributed by atoms with Gasteiger partial charge in [-0.05, 0) is 65.5 Å². The molecule has 0 bridgehead atoms. The number of unbranched alkanes of at least 4 members (excludes halogenated alkanes) is 13. The van der Waals surface area contributed by atoms with Gasteiger partial charge in [0.1, 0.15) is 0 Å². The van der Waals surface area contributed by atoms with Gasteiger partial charge in [-0.15, -0.1) is 0 Å². The van der Waals surface area contributed by atoms with Gasteiger partial charge in [0, 0.05) is 26.1 Å². The summed E-state index contributed by atoms with van der Waals surface area (Å²) in [5, 5.41) is 0. The van der Waals surface area contributed by atoms with Crippen LogP contribution in [0.3, 0.4) is 0 Å². The quantitative estimate of drug-likeness (QED) is 0.0607. The van der Waals surface area contributed by atoms with Gasteiger partial charge in [0.2, 0.25) is 0 Å². The van der Waals surface area contributed by atoms with Crippen LogP contribution in [0.25, 0.3) is 0 Å². The normalized spacial score (nSPS) is 12.3. The SMILES string of the molecule is COC(=O)CCCCC/C=C/CCCCCCCCOCC(COCCCCCCCC(=O)OC)N(C)C. The van der Waals surface area contributed by atoms with Gasteiger partial charge in [-0.25, -0.2) is 0 Å². The van der Waals surface area contributed by atoms with Crippen LogP contribution < -0.4 is 0 Å². The van der Waals surface area contributed by atoms with Gasteiger partial charge in [0.05, 0.1) is 33.5 Å². The van der Waals surface area contributed by atoms with Crippen LogP contribution in [0, 0.1) is 0 Å². The summed E-state index contributed by atoms with van der Waals surface area (Å²) in [6.45, 7) is 3.05. The van der Waals surface area contributed by atoms with Crippen molar-refractivity contribution in [2.75, 3.05) is 54.7 Å². The third kappa shape index (κ3) is 26.2. The molecule has 0 fully saturated rings. The maximum atomic E-state index is 11.1. The number of nitrogens with zero attached hydrogens (tertiary/aromatic N) is 1. The van der Waals surface area contributed by atoms with Crippen molar-refractivity contribution in [3.63, 3.8) is 0 Å². The summed E-state index contributed by atoms with van der Waals surface area (Å²) in [7, 11) is 7.06. The van der Waals surface area contributed by atoms with Crippen molar-refractivity contribution in [1.82, 2.24) is 4.90 Å². The van der Waals surface area contributed by atoms with E-state index < -0.39 is 0 Å². The van der Waals surface area contributed by atoms with Crippen molar-refractivity contribution in [2.24, 2.45) is 0 Å². The fraction of sp³-hybridized carbons (Fsp3) is 0.871. The Morgan fingerprint density at radius 1 is 0.579 bits per heavy atom. The van der Waals surface area contributed by atoms with Crippen molar-refractivity contribution < 1.29 is 28.5 Å². The van der Waals surface area contributed by atoms with E-state index in [-0.39, 0.29) is 11.9 Å². The second-order valence-electron chi connectivity index (χ2n) is 10.4. The molecule has 0 N–H and O–H groups in total. The number of ether oxygens (including phenoxy) is 4. The van der Waals surface area contributed by atoms with Crippen molar-refractivity contribution in [3.05, 3.63) is 12.2 Å². The number of esters is 2. The highest BCUT2D eigenvalue weighted by Gasteiger charge is 2.11. The van der Waals surface area contributed by atoms with Crippen LogP contribution in [0.2, 0.25) is 0 Å². The second-order valence-corrected chi connectivity index (χ2v) is 10.4. The summed E-state index contributed by atoms with van der Waals surface area (Å²) < 4.78 is 21.1. The van der Waals surface area contributed by atoms with E-state index in [0.717, 1.165) is 84.0 Å². The van der Waals surface area contributed by atoms with Gasteiger partial charge in [0.15, 0.2) is 0 Å². The lowest BCUT2D eigenvalue weighted by Crippen LogP contribution is -2.37. The predicted molar refractivity (Wildman–Crippen MR) is 155 cm³/mol. The first kappa shape index (κ1) is 36.6. The molecule has 1 atom stereocenters. The van der Waals surface area contributed by atoms with Gasteiger partial charge in [-0.1, -0.05) is 63.5 Å². The Balaban J connectivity index is 3.46. The van der Waals surface area contributed by atoms with Gasteiger partial charge in [-0.3, -0.25) is 9.59 Å². The van der Waals surface area contributed by atoms with E-state index in [2.05, 4.69) is 40.6 Å². The van der Waals surface area contributed by atoms with E-state index >= 15 is 0 Å². The predicted octanol–water partition coefficient (Wildman–Crippen LogP) is 6.87. The summed E-state index contributed by atoms with van der Waals surface area (Å²) in [4.78, 5) is 24.3. The largest absolute Gasteiger partial charge is 0.469 e. The number of hydrogen-bond acceptors (Lipinski definition) is 7. The monoisotopic (exact) mass is 541 g/mol. The Kier molecular flexibility index (Phi) is 27.5. The second kappa shape index (κ2) is 28.6. The number of hydrogen-bond donors (Lipinski definition) is 0. The van der Waals surface area contributed by atoms with Crippen LogP contribution >= 0.6 is 0 Å². The Labute approximate surface area is 234 Å². The average molecular weight is 542 g/mol. The van der Waals surface area contributed by atoms with Crippen LogP contribution in [0.15, 0.2) is 12.2 Å². The molecule has 0 aromatic heterocycles. The minimum absolute atomic E-state index is 0.100. The molecule has 0 saturated heterocycles. The van der Waals surface area contributed by atoms with Crippen LogP contribution in [0.5, 0.6) is 0 Å². The van der Waals surface area contributed by atoms with Gasteiger partial charge in [-0.2, -0.15) is 0 Å². The van der Waals surface area contributed by atoms with Crippen molar-refractivity contribution in [3.8, 4) is 0 Å². The van der Waals surface area contributed by atoms with Crippen molar-refractivity contribution in [2.45, 2.75) is 122 Å². The highest BCUT2D eigenvalue weighted by Crippen LogP contribution is 2.10. The molecule has 1 unspecified atom stereocenters. The molecule has 0 aliphatic carbocycles. The molecule has 0 aliphatic rings. The zero-order valence-electron chi connectivity index (χ0n) is 25.2. The van der Waals surface area contributed by atoms with Crippen LogP contribution in [0.1, 0.15) is 116 Å². The number of rotatable bonds is 28. The summed E-state index contributed by atoms with van der Waals surface area (Å²) in [5.41, 5.74) is 0. The minimum atomic E-state index is -0.112. The molecule has 38 heavy (non-hydrogen) atoms. The first-order valence-electron chi connectivity index (χ1n) is 15.1. The number of methoxy groups -OCH3 is 2. The Bertz CT molecular complexity index is 567. The molecule has 0 amide bonds. The number of carbonyl (C=O) groups excluding carboxylic acids is 2. The highest BCUT2D eigenvalue weighted by molar-refractivity contribution is 5.69. The first-order valence-corrected chi connectivity index (χ1v) is 15.1. The molecule has 7 nitrogen and oxygen atoms in total. The highest BCUT2D eigenvalue weighted by atomic mass is 16.5. The van der Waals surface area contributed by atoms with Crippen molar-refractivity contribution in [1.29, 1.82) is 0 Å². The standard InChI is InChI=1S/C31H59NO6/c1-32(2)29(28-38-26-22-18-14-16-20-24-31(34)36-4)27-37-25-21-17-13-11-9-7-5-6-8-10-12-15-19-23-30(33)35-3/h6,8,29H,5,7,9-28H2,1-4H3/b8-6+. The average Bonchev–Trinajstić information content (AvgIpc) is 2.91. The molecule has 0 radical (unpaired) electrons. The van der Waals surface area contributed by atoms with Crippen LogP contribution in [-0.4, -0.2) is 77.6 Å². The molecule has 0 spiro atoms. The Morgan fingerprint density at radius 2 is 0.947 bits per heavy atom. The molecular weight excluding hydrogens is 482 g/mol. The van der Waals surface area contributed by atoms with E-state index in [4.69, 9.17) is 9.47 Å². The molecule has 224 valence electrons. The van der Waals surface area contributed by atoms with Gasteiger partial charge < -0.3 is 23.8 Å². The van der Waals surface area contributed by atoms with Crippen LogP contribution in [-0.2, 0) is 28.5 Å². The van der Waals surface area contributed by atoms with E-state index in [9.17, 15) is 9.59 Å². The molecule has 0 aromatic rings. The summed E-state index contributed by atoms with van der Waals surface area (Å²) in [6.07, 6.45) is 24.0. The maximum Gasteiger partial charge on any atom is 0.305 e. The van der Waals surface area contributed by atoms with Gasteiger partial charge in [0.25, 0.3) is 0 Å². The van der Waals surface area contributed by atoms with Gasteiger partial charge >= 0.3 is 11.9 Å². The minimum Gasteiger partial charge on any atom is -0.469 e. The lowest BCUT2D eigenvalue weighted by atomic mass is 10.1. The molecule has 0 heterocycles. The maximum absolute atomic E-state index is 11.1. The number of likely N-dealkylation sites (N-methyl/N-ethyl adjacent to an activating group) is 1. The number of allylic oxidation sites excluding steroid dienone is 2. The Morgan fingerprint density at radius 3 is 1.37 bits per heavy atom. The third-order valence-electron chi connectivity index (χ3n) is 6.80.